The van der Waals surface area contributed by atoms with Crippen molar-refractivity contribution in [2.24, 2.45) is 0 Å². The molecule has 0 heterocycles. The lowest BCUT2D eigenvalue weighted by Gasteiger charge is -2.15. The molecule has 1 atom stereocenters. The molecule has 0 aliphatic heterocycles. The Bertz CT molecular complexity index is 563. The second-order valence-electron chi connectivity index (χ2n) is 4.15. The summed E-state index contributed by atoms with van der Waals surface area (Å²) in [6.45, 7) is -1.40. The first kappa shape index (κ1) is 17.5. The van der Waals surface area contributed by atoms with E-state index >= 15 is 0 Å². The largest absolute Gasteiger partial charge is 0.492 e. The number of nitrogens with one attached hydrogen (secondary N) is 1. The van der Waals surface area contributed by atoms with Gasteiger partial charge < -0.3 is 15.6 Å². The zero-order valence-corrected chi connectivity index (χ0v) is 11.6. The maximum Gasteiger partial charge on any atom is 0.415 e. The van der Waals surface area contributed by atoms with Gasteiger partial charge in [0.05, 0.1) is 5.75 Å². The van der Waals surface area contributed by atoms with E-state index in [0.717, 1.165) is 0 Å². The Hall–Kier alpha value is -1.52. The molecule has 1 aromatic rings. The predicted octanol–water partition coefficient (Wildman–Crippen LogP) is 0.490. The molecule has 4 N–H and O–H groups in total. The van der Waals surface area contributed by atoms with Crippen LogP contribution < -0.4 is 15.2 Å². The molecule has 0 aromatic heterocycles. The highest BCUT2D eigenvalue weighted by atomic mass is 32.2. The van der Waals surface area contributed by atoms with Crippen molar-refractivity contribution in [2.45, 2.75) is 12.3 Å². The predicted molar refractivity (Wildman–Crippen MR) is 70.2 cm³/mol. The van der Waals surface area contributed by atoms with E-state index in [4.69, 9.17) is 15.6 Å². The van der Waals surface area contributed by atoms with Crippen LogP contribution in [0.4, 0.5) is 18.9 Å². The monoisotopic (exact) mass is 328 g/mol. The number of alkyl halides is 3. The van der Waals surface area contributed by atoms with Gasteiger partial charge in [0.15, 0.2) is 6.10 Å². The van der Waals surface area contributed by atoms with Crippen molar-refractivity contribution in [3.8, 4) is 5.75 Å². The van der Waals surface area contributed by atoms with Gasteiger partial charge in [0.2, 0.25) is 10.0 Å². The van der Waals surface area contributed by atoms with E-state index in [2.05, 4.69) is 0 Å². The number of anilines is 1. The maximum atomic E-state index is 12.0. The molecule has 0 radical (unpaired) electrons. The molecule has 0 amide bonds. The molecule has 1 aromatic carbocycles. The van der Waals surface area contributed by atoms with Gasteiger partial charge >= 0.3 is 6.18 Å². The minimum absolute atomic E-state index is 0.263. The molecule has 0 aliphatic carbocycles. The molecule has 6 nitrogen and oxygen atoms in total. The number of benzene rings is 1. The molecule has 120 valence electrons. The van der Waals surface area contributed by atoms with Gasteiger partial charge in [0.25, 0.3) is 0 Å². The van der Waals surface area contributed by atoms with Crippen LogP contribution in [-0.4, -0.2) is 44.7 Å². The fraction of sp³-hybridized carbons (Fsp3) is 0.455. The van der Waals surface area contributed by atoms with Gasteiger partial charge in [-0.2, -0.15) is 13.2 Å². The highest BCUT2D eigenvalue weighted by molar-refractivity contribution is 7.89. The molecule has 1 unspecified atom stereocenters. The lowest BCUT2D eigenvalue weighted by atomic mass is 10.3. The zero-order valence-electron chi connectivity index (χ0n) is 10.8. The van der Waals surface area contributed by atoms with Crippen LogP contribution in [0.15, 0.2) is 24.3 Å². The molecule has 0 aliphatic rings. The third-order valence-electron chi connectivity index (χ3n) is 2.35. The number of nitrogen functional groups attached to an aromatic ring is 1. The third kappa shape index (κ3) is 6.65. The highest BCUT2D eigenvalue weighted by Crippen LogP contribution is 2.19. The summed E-state index contributed by atoms with van der Waals surface area (Å²) < 4.78 is 65.7. The summed E-state index contributed by atoms with van der Waals surface area (Å²) in [6.07, 6.45) is -7.62. The van der Waals surface area contributed by atoms with Crippen LogP contribution >= 0.6 is 0 Å². The fourth-order valence-corrected chi connectivity index (χ4v) is 2.13. The van der Waals surface area contributed by atoms with Crippen molar-refractivity contribution >= 4 is 15.7 Å². The Morgan fingerprint density at radius 1 is 1.38 bits per heavy atom. The molecular formula is C11H15F3N2O4S. The number of aliphatic hydroxyl groups excluding tert-OH is 1. The summed E-state index contributed by atoms with van der Waals surface area (Å²) in [4.78, 5) is 0. The Morgan fingerprint density at radius 3 is 2.62 bits per heavy atom. The van der Waals surface area contributed by atoms with E-state index in [1.807, 2.05) is 0 Å². The van der Waals surface area contributed by atoms with Crippen LogP contribution in [-0.2, 0) is 10.0 Å². The SMILES string of the molecule is Nc1cccc(OCCS(=O)(=O)NCC(O)C(F)(F)F)c1. The average Bonchev–Trinajstić information content (AvgIpc) is 2.35. The van der Waals surface area contributed by atoms with Crippen molar-refractivity contribution in [3.05, 3.63) is 24.3 Å². The first-order valence-corrected chi connectivity index (χ1v) is 7.46. The minimum Gasteiger partial charge on any atom is -0.492 e. The van der Waals surface area contributed by atoms with Crippen molar-refractivity contribution in [2.75, 3.05) is 24.6 Å². The van der Waals surface area contributed by atoms with Crippen molar-refractivity contribution in [1.29, 1.82) is 0 Å². The van der Waals surface area contributed by atoms with Crippen LogP contribution in [0, 0.1) is 0 Å². The van der Waals surface area contributed by atoms with Gasteiger partial charge in [-0.15, -0.1) is 0 Å². The first-order chi connectivity index (χ1) is 9.60. The van der Waals surface area contributed by atoms with Crippen molar-refractivity contribution in [1.82, 2.24) is 4.72 Å². The maximum absolute atomic E-state index is 12.0. The number of ether oxygens (including phenoxy) is 1. The first-order valence-electron chi connectivity index (χ1n) is 5.80. The van der Waals surface area contributed by atoms with Gasteiger partial charge in [0, 0.05) is 18.3 Å². The molecule has 0 saturated carbocycles. The Balaban J connectivity index is 2.40. The van der Waals surface area contributed by atoms with Crippen LogP contribution in [0.5, 0.6) is 5.75 Å². The minimum atomic E-state index is -4.87. The topological polar surface area (TPSA) is 102 Å². The van der Waals surface area contributed by atoms with Crippen molar-refractivity contribution in [3.63, 3.8) is 0 Å². The average molecular weight is 328 g/mol. The molecule has 0 spiro atoms. The molecule has 0 saturated heterocycles. The zero-order chi connectivity index (χ0) is 16.1. The number of hydrogen-bond donors (Lipinski definition) is 3. The van der Waals surface area contributed by atoms with Gasteiger partial charge in [-0.1, -0.05) is 6.07 Å². The Kier molecular flexibility index (Phi) is 5.81. The quantitative estimate of drug-likeness (QED) is 0.632. The third-order valence-corrected chi connectivity index (χ3v) is 3.66. The van der Waals surface area contributed by atoms with E-state index in [0.29, 0.717) is 11.4 Å². The molecule has 0 bridgehead atoms. The molecule has 1 rings (SSSR count). The van der Waals surface area contributed by atoms with E-state index in [-0.39, 0.29) is 6.61 Å². The summed E-state index contributed by atoms with van der Waals surface area (Å²) in [5.41, 5.74) is 5.93. The number of hydrogen-bond acceptors (Lipinski definition) is 5. The van der Waals surface area contributed by atoms with E-state index in [1.54, 1.807) is 22.9 Å². The van der Waals surface area contributed by atoms with E-state index < -0.39 is 34.6 Å². The van der Waals surface area contributed by atoms with Crippen LogP contribution in [0.3, 0.4) is 0 Å². The lowest BCUT2D eigenvalue weighted by molar-refractivity contribution is -0.200. The second kappa shape index (κ2) is 6.96. The lowest BCUT2D eigenvalue weighted by Crippen LogP contribution is -2.41. The molecule has 21 heavy (non-hydrogen) atoms. The molecule has 0 fully saturated rings. The molecular weight excluding hydrogens is 313 g/mol. The number of halogens is 3. The Labute approximate surface area is 119 Å². The number of aliphatic hydroxyl groups is 1. The van der Waals surface area contributed by atoms with Crippen molar-refractivity contribution < 1.29 is 31.4 Å². The van der Waals surface area contributed by atoms with Gasteiger partial charge in [-0.05, 0) is 12.1 Å². The number of sulfonamides is 1. The smallest absolute Gasteiger partial charge is 0.415 e. The highest BCUT2D eigenvalue weighted by Gasteiger charge is 2.38. The standard InChI is InChI=1S/C11H15F3N2O4S/c12-11(13,14)10(17)7-16-21(18,19)5-4-20-9-3-1-2-8(15)6-9/h1-3,6,10,16-17H,4-5,7,15H2. The van der Waals surface area contributed by atoms with Gasteiger partial charge in [-0.25, -0.2) is 13.1 Å². The van der Waals surface area contributed by atoms with Crippen LogP contribution in [0.25, 0.3) is 0 Å². The van der Waals surface area contributed by atoms with Gasteiger partial charge in [-0.3, -0.25) is 0 Å². The normalized spacial score (nSPS) is 13.9. The Morgan fingerprint density at radius 2 is 2.05 bits per heavy atom. The van der Waals surface area contributed by atoms with Gasteiger partial charge in [0.1, 0.15) is 12.4 Å². The van der Waals surface area contributed by atoms with E-state index in [9.17, 15) is 21.6 Å². The summed E-state index contributed by atoms with van der Waals surface area (Å²) in [5.74, 6) is -0.202. The number of rotatable bonds is 7. The van der Waals surface area contributed by atoms with Crippen LogP contribution in [0.1, 0.15) is 0 Å². The number of nitrogens with two attached hydrogens (primary N) is 1. The summed E-state index contributed by atoms with van der Waals surface area (Å²) in [5, 5.41) is 8.69. The fourth-order valence-electron chi connectivity index (χ4n) is 1.27. The summed E-state index contributed by atoms with van der Waals surface area (Å²) in [7, 11) is -3.98. The summed E-state index contributed by atoms with van der Waals surface area (Å²) in [6, 6.07) is 6.26. The summed E-state index contributed by atoms with van der Waals surface area (Å²) >= 11 is 0. The molecule has 10 heteroatoms. The van der Waals surface area contributed by atoms with Crippen LogP contribution in [0.2, 0.25) is 0 Å². The second-order valence-corrected chi connectivity index (χ2v) is 6.07. The van der Waals surface area contributed by atoms with E-state index in [1.165, 1.54) is 6.07 Å².